The molecular formula is C14H18BrN3O2. The van der Waals surface area contributed by atoms with Crippen LogP contribution in [0, 0.1) is 0 Å². The molecule has 1 atom stereocenters. The summed E-state index contributed by atoms with van der Waals surface area (Å²) in [5.74, 6) is 1.50. The van der Waals surface area contributed by atoms with E-state index in [-0.39, 0.29) is 6.04 Å². The summed E-state index contributed by atoms with van der Waals surface area (Å²) < 4.78 is 13.4. The van der Waals surface area contributed by atoms with Crippen molar-refractivity contribution < 1.29 is 9.47 Å². The summed E-state index contributed by atoms with van der Waals surface area (Å²) in [5, 5.41) is 7.51. The molecule has 0 aliphatic rings. The van der Waals surface area contributed by atoms with Crippen molar-refractivity contribution >= 4 is 15.9 Å². The molecule has 0 amide bonds. The Balaban J connectivity index is 2.52. The third kappa shape index (κ3) is 2.66. The molecule has 0 spiro atoms. The number of nitrogens with one attached hydrogen (secondary N) is 1. The number of hydrogen-bond acceptors (Lipinski definition) is 4. The van der Waals surface area contributed by atoms with E-state index in [1.165, 1.54) is 0 Å². The Hall–Kier alpha value is -1.53. The third-order valence-electron chi connectivity index (χ3n) is 3.17. The van der Waals surface area contributed by atoms with Gasteiger partial charge in [0.25, 0.3) is 0 Å². The van der Waals surface area contributed by atoms with Gasteiger partial charge in [-0.15, -0.1) is 0 Å². The maximum atomic E-state index is 5.54. The molecule has 0 aliphatic heterocycles. The number of hydrogen-bond donors (Lipinski definition) is 1. The Morgan fingerprint density at radius 3 is 2.55 bits per heavy atom. The first kappa shape index (κ1) is 14.9. The van der Waals surface area contributed by atoms with Crippen LogP contribution in [0.1, 0.15) is 17.2 Å². The van der Waals surface area contributed by atoms with Crippen molar-refractivity contribution in [2.24, 2.45) is 7.05 Å². The molecule has 0 saturated carbocycles. The highest BCUT2D eigenvalue weighted by atomic mass is 79.9. The highest BCUT2D eigenvalue weighted by Gasteiger charge is 2.21. The van der Waals surface area contributed by atoms with E-state index in [9.17, 15) is 0 Å². The minimum atomic E-state index is 0.000793. The van der Waals surface area contributed by atoms with E-state index in [1.54, 1.807) is 18.9 Å². The Labute approximate surface area is 127 Å². The molecule has 6 heteroatoms. The van der Waals surface area contributed by atoms with Gasteiger partial charge in [0.2, 0.25) is 0 Å². The number of nitrogens with zero attached hydrogens (tertiary/aromatic N) is 2. The van der Waals surface area contributed by atoms with E-state index >= 15 is 0 Å². The van der Waals surface area contributed by atoms with Crippen molar-refractivity contribution in [2.75, 3.05) is 21.3 Å². The lowest BCUT2D eigenvalue weighted by molar-refractivity contribution is 0.383. The summed E-state index contributed by atoms with van der Waals surface area (Å²) in [6.45, 7) is 0. The van der Waals surface area contributed by atoms with Crippen LogP contribution in [0.3, 0.4) is 0 Å². The second-order valence-electron chi connectivity index (χ2n) is 4.37. The van der Waals surface area contributed by atoms with Crippen molar-refractivity contribution in [3.8, 4) is 11.5 Å². The van der Waals surface area contributed by atoms with Gasteiger partial charge in [-0.3, -0.25) is 4.68 Å². The van der Waals surface area contributed by atoms with E-state index in [0.717, 1.165) is 27.1 Å². The molecule has 1 aromatic carbocycles. The smallest absolute Gasteiger partial charge is 0.141 e. The molecule has 0 radical (unpaired) electrons. The van der Waals surface area contributed by atoms with E-state index in [4.69, 9.17) is 9.47 Å². The van der Waals surface area contributed by atoms with Gasteiger partial charge in [0, 0.05) is 24.4 Å². The minimum Gasteiger partial charge on any atom is -0.495 e. The number of benzene rings is 1. The van der Waals surface area contributed by atoms with E-state index in [0.29, 0.717) is 0 Å². The fraction of sp³-hybridized carbons (Fsp3) is 0.357. The van der Waals surface area contributed by atoms with Crippen molar-refractivity contribution in [3.63, 3.8) is 0 Å². The van der Waals surface area contributed by atoms with Crippen LogP contribution in [0.25, 0.3) is 0 Å². The predicted molar refractivity (Wildman–Crippen MR) is 81.4 cm³/mol. The average Bonchev–Trinajstić information content (AvgIpc) is 2.86. The van der Waals surface area contributed by atoms with Gasteiger partial charge < -0.3 is 14.8 Å². The summed E-state index contributed by atoms with van der Waals surface area (Å²) in [6, 6.07) is 3.92. The van der Waals surface area contributed by atoms with Crippen LogP contribution in [-0.2, 0) is 7.05 Å². The van der Waals surface area contributed by atoms with E-state index < -0.39 is 0 Å². The lowest BCUT2D eigenvalue weighted by Crippen LogP contribution is -2.18. The van der Waals surface area contributed by atoms with Gasteiger partial charge in [0.1, 0.15) is 16.0 Å². The summed E-state index contributed by atoms with van der Waals surface area (Å²) in [4.78, 5) is 0. The fourth-order valence-corrected chi connectivity index (χ4v) is 2.92. The van der Waals surface area contributed by atoms with Crippen LogP contribution < -0.4 is 14.8 Å². The zero-order valence-electron chi connectivity index (χ0n) is 12.0. The molecule has 20 heavy (non-hydrogen) atoms. The highest BCUT2D eigenvalue weighted by Crippen LogP contribution is 2.41. The largest absolute Gasteiger partial charge is 0.495 e. The first-order valence-electron chi connectivity index (χ1n) is 6.18. The Morgan fingerprint density at radius 1 is 1.30 bits per heavy atom. The Morgan fingerprint density at radius 2 is 2.05 bits per heavy atom. The van der Waals surface area contributed by atoms with Crippen LogP contribution in [0.4, 0.5) is 0 Å². The zero-order chi connectivity index (χ0) is 14.7. The van der Waals surface area contributed by atoms with E-state index in [2.05, 4.69) is 26.3 Å². The summed E-state index contributed by atoms with van der Waals surface area (Å²) in [7, 11) is 7.10. The first-order valence-corrected chi connectivity index (χ1v) is 6.97. The second-order valence-corrected chi connectivity index (χ2v) is 5.17. The first-order chi connectivity index (χ1) is 9.62. The van der Waals surface area contributed by atoms with Crippen molar-refractivity contribution in [1.82, 2.24) is 15.1 Å². The van der Waals surface area contributed by atoms with Crippen LogP contribution in [0.15, 0.2) is 29.0 Å². The molecule has 1 aromatic heterocycles. The lowest BCUT2D eigenvalue weighted by atomic mass is 10.0. The molecule has 108 valence electrons. The van der Waals surface area contributed by atoms with Gasteiger partial charge in [0.05, 0.1) is 26.5 Å². The molecule has 2 aromatic rings. The molecule has 0 aliphatic carbocycles. The Bertz CT molecular complexity index is 598. The topological polar surface area (TPSA) is 48.3 Å². The number of halogens is 1. The number of aryl methyl sites for hydroxylation is 1. The standard InChI is InChI=1S/C14H18BrN3O2/c1-16-13(9-7-17-18(2)8-9)10-5-6-11(19-3)12(15)14(10)20-4/h5-8,13,16H,1-4H3. The summed E-state index contributed by atoms with van der Waals surface area (Å²) in [5.41, 5.74) is 2.10. The molecule has 1 N–H and O–H groups in total. The third-order valence-corrected chi connectivity index (χ3v) is 3.92. The van der Waals surface area contributed by atoms with Crippen molar-refractivity contribution in [1.29, 1.82) is 0 Å². The predicted octanol–water partition coefficient (Wildman–Crippen LogP) is 2.51. The van der Waals surface area contributed by atoms with Crippen LogP contribution in [0.5, 0.6) is 11.5 Å². The quantitative estimate of drug-likeness (QED) is 0.909. The highest BCUT2D eigenvalue weighted by molar-refractivity contribution is 9.10. The number of methoxy groups -OCH3 is 2. The summed E-state index contributed by atoms with van der Waals surface area (Å²) >= 11 is 3.53. The molecule has 0 saturated heterocycles. The van der Waals surface area contributed by atoms with Crippen LogP contribution in [0.2, 0.25) is 0 Å². The van der Waals surface area contributed by atoms with Crippen LogP contribution >= 0.6 is 15.9 Å². The average molecular weight is 340 g/mol. The van der Waals surface area contributed by atoms with Gasteiger partial charge in [-0.1, -0.05) is 0 Å². The fourth-order valence-electron chi connectivity index (χ4n) is 2.24. The summed E-state index contributed by atoms with van der Waals surface area (Å²) in [6.07, 6.45) is 3.83. The zero-order valence-corrected chi connectivity index (χ0v) is 13.6. The lowest BCUT2D eigenvalue weighted by Gasteiger charge is -2.20. The normalized spacial score (nSPS) is 12.2. The number of aromatic nitrogens is 2. The van der Waals surface area contributed by atoms with Gasteiger partial charge in [0.15, 0.2) is 0 Å². The van der Waals surface area contributed by atoms with Gasteiger partial charge in [-0.2, -0.15) is 5.10 Å². The molecule has 5 nitrogen and oxygen atoms in total. The molecular weight excluding hydrogens is 322 g/mol. The maximum Gasteiger partial charge on any atom is 0.141 e. The molecule has 1 heterocycles. The monoisotopic (exact) mass is 339 g/mol. The van der Waals surface area contributed by atoms with Crippen molar-refractivity contribution in [2.45, 2.75) is 6.04 Å². The van der Waals surface area contributed by atoms with Gasteiger partial charge in [-0.25, -0.2) is 0 Å². The number of rotatable bonds is 5. The maximum absolute atomic E-state index is 5.54. The number of ether oxygens (including phenoxy) is 2. The molecule has 0 fully saturated rings. The van der Waals surface area contributed by atoms with Gasteiger partial charge >= 0.3 is 0 Å². The van der Waals surface area contributed by atoms with Crippen LogP contribution in [-0.4, -0.2) is 31.0 Å². The minimum absolute atomic E-state index is 0.000793. The molecule has 1 unspecified atom stereocenters. The Kier molecular flexibility index (Phi) is 4.67. The second kappa shape index (κ2) is 6.28. The molecule has 0 bridgehead atoms. The SMILES string of the molecule is CNC(c1cnn(C)c1)c1ccc(OC)c(Br)c1OC. The molecule has 2 rings (SSSR count). The van der Waals surface area contributed by atoms with Crippen molar-refractivity contribution in [3.05, 3.63) is 40.1 Å². The van der Waals surface area contributed by atoms with E-state index in [1.807, 2.05) is 38.6 Å². The van der Waals surface area contributed by atoms with Gasteiger partial charge in [-0.05, 0) is 35.1 Å².